The number of benzene rings is 1. The maximum absolute atomic E-state index is 11.4. The quantitative estimate of drug-likeness (QED) is 0.328. The summed E-state index contributed by atoms with van der Waals surface area (Å²) in [6, 6.07) is 6.50. The van der Waals surface area contributed by atoms with Crippen LogP contribution in [0.3, 0.4) is 0 Å². The SMILES string of the molecule is CCNC(=NCc1cccc(S(N)(=O)=O)c1)NCCCOCC(C)C. The first-order valence-electron chi connectivity index (χ1n) is 8.54. The van der Waals surface area contributed by atoms with Gasteiger partial charge >= 0.3 is 0 Å². The van der Waals surface area contributed by atoms with E-state index in [9.17, 15) is 8.42 Å². The summed E-state index contributed by atoms with van der Waals surface area (Å²) >= 11 is 0. The number of nitrogens with zero attached hydrogens (tertiary/aromatic N) is 1. The molecule has 0 aliphatic heterocycles. The van der Waals surface area contributed by atoms with Gasteiger partial charge in [-0.3, -0.25) is 0 Å². The minimum atomic E-state index is -3.70. The molecule has 1 rings (SSSR count). The van der Waals surface area contributed by atoms with E-state index in [2.05, 4.69) is 29.5 Å². The number of primary sulfonamides is 1. The molecule has 0 radical (unpaired) electrons. The highest BCUT2D eigenvalue weighted by Crippen LogP contribution is 2.10. The lowest BCUT2D eigenvalue weighted by molar-refractivity contribution is 0.108. The zero-order valence-electron chi connectivity index (χ0n) is 15.3. The van der Waals surface area contributed by atoms with Gasteiger partial charge in [-0.1, -0.05) is 26.0 Å². The minimum absolute atomic E-state index is 0.0976. The zero-order chi connectivity index (χ0) is 18.7. The molecular formula is C17H30N4O3S. The first-order chi connectivity index (χ1) is 11.8. The van der Waals surface area contributed by atoms with Crippen molar-refractivity contribution < 1.29 is 13.2 Å². The van der Waals surface area contributed by atoms with Gasteiger partial charge in [0, 0.05) is 26.3 Å². The summed E-state index contributed by atoms with van der Waals surface area (Å²) < 4.78 is 28.3. The van der Waals surface area contributed by atoms with Gasteiger partial charge in [0.1, 0.15) is 0 Å². The third kappa shape index (κ3) is 9.42. The molecule has 7 nitrogen and oxygen atoms in total. The number of nitrogens with one attached hydrogen (secondary N) is 2. The molecule has 0 fully saturated rings. The molecule has 0 saturated heterocycles. The van der Waals surface area contributed by atoms with Crippen molar-refractivity contribution in [1.29, 1.82) is 0 Å². The van der Waals surface area contributed by atoms with E-state index in [0.717, 1.165) is 31.7 Å². The van der Waals surface area contributed by atoms with Crippen LogP contribution in [0.1, 0.15) is 32.8 Å². The van der Waals surface area contributed by atoms with Gasteiger partial charge in [0.2, 0.25) is 10.0 Å². The van der Waals surface area contributed by atoms with Crippen LogP contribution in [-0.2, 0) is 21.3 Å². The van der Waals surface area contributed by atoms with Gasteiger partial charge < -0.3 is 15.4 Å². The molecule has 1 aromatic carbocycles. The van der Waals surface area contributed by atoms with Crippen LogP contribution >= 0.6 is 0 Å². The number of nitrogens with two attached hydrogens (primary N) is 1. The van der Waals surface area contributed by atoms with E-state index in [1.807, 2.05) is 13.0 Å². The van der Waals surface area contributed by atoms with E-state index < -0.39 is 10.0 Å². The fraction of sp³-hybridized carbons (Fsp3) is 0.588. The van der Waals surface area contributed by atoms with Crippen molar-refractivity contribution in [3.8, 4) is 0 Å². The monoisotopic (exact) mass is 370 g/mol. The Kier molecular flexibility index (Phi) is 9.48. The second-order valence-electron chi connectivity index (χ2n) is 6.14. The lowest BCUT2D eigenvalue weighted by Gasteiger charge is -2.12. The first kappa shape index (κ1) is 21.4. The van der Waals surface area contributed by atoms with Crippen LogP contribution < -0.4 is 15.8 Å². The normalized spacial score (nSPS) is 12.4. The molecule has 8 heteroatoms. The van der Waals surface area contributed by atoms with Crippen LogP contribution in [0.2, 0.25) is 0 Å². The third-order valence-corrected chi connectivity index (χ3v) is 4.11. The number of ether oxygens (including phenoxy) is 1. The molecule has 0 atom stereocenters. The minimum Gasteiger partial charge on any atom is -0.381 e. The Hall–Kier alpha value is -1.64. The average molecular weight is 371 g/mol. The summed E-state index contributed by atoms with van der Waals surface area (Å²) in [4.78, 5) is 4.57. The number of hydrogen-bond donors (Lipinski definition) is 3. The van der Waals surface area contributed by atoms with Gasteiger partial charge in [-0.15, -0.1) is 0 Å². The molecule has 1 aromatic rings. The van der Waals surface area contributed by atoms with Crippen molar-refractivity contribution >= 4 is 16.0 Å². The number of guanidine groups is 1. The molecule has 0 unspecified atom stereocenters. The summed E-state index contributed by atoms with van der Waals surface area (Å²) in [6.45, 7) is 9.58. The molecule has 4 N–H and O–H groups in total. The molecule has 0 aliphatic rings. The summed E-state index contributed by atoms with van der Waals surface area (Å²) in [7, 11) is -3.70. The van der Waals surface area contributed by atoms with Crippen LogP contribution in [-0.4, -0.2) is 40.7 Å². The Morgan fingerprint density at radius 1 is 1.32 bits per heavy atom. The highest BCUT2D eigenvalue weighted by atomic mass is 32.2. The van der Waals surface area contributed by atoms with Gasteiger partial charge in [-0.2, -0.15) is 0 Å². The fourth-order valence-electron chi connectivity index (χ4n) is 2.03. The van der Waals surface area contributed by atoms with Gasteiger partial charge in [0.25, 0.3) is 0 Å². The molecule has 0 amide bonds. The summed E-state index contributed by atoms with van der Waals surface area (Å²) in [5, 5.41) is 11.6. The molecule has 0 heterocycles. The van der Waals surface area contributed by atoms with E-state index in [0.29, 0.717) is 25.0 Å². The molecule has 0 bridgehead atoms. The van der Waals surface area contributed by atoms with Crippen LogP contribution in [0, 0.1) is 5.92 Å². The maximum atomic E-state index is 11.4. The molecule has 142 valence electrons. The second-order valence-corrected chi connectivity index (χ2v) is 7.70. The van der Waals surface area contributed by atoms with Crippen molar-refractivity contribution in [2.75, 3.05) is 26.3 Å². The van der Waals surface area contributed by atoms with Gasteiger partial charge in [-0.25, -0.2) is 18.5 Å². The van der Waals surface area contributed by atoms with Crippen molar-refractivity contribution in [3.63, 3.8) is 0 Å². The van der Waals surface area contributed by atoms with Gasteiger partial charge in [0.15, 0.2) is 5.96 Å². The Labute approximate surface area is 151 Å². The summed E-state index contributed by atoms with van der Waals surface area (Å²) in [5.41, 5.74) is 0.781. The van der Waals surface area contributed by atoms with Crippen molar-refractivity contribution in [1.82, 2.24) is 10.6 Å². The fourth-order valence-corrected chi connectivity index (χ4v) is 2.62. The zero-order valence-corrected chi connectivity index (χ0v) is 16.1. The second kappa shape index (κ2) is 11.1. The van der Waals surface area contributed by atoms with Crippen LogP contribution in [0.5, 0.6) is 0 Å². The summed E-state index contributed by atoms with van der Waals surface area (Å²) in [5.74, 6) is 1.23. The Morgan fingerprint density at radius 3 is 2.72 bits per heavy atom. The maximum Gasteiger partial charge on any atom is 0.238 e. The highest BCUT2D eigenvalue weighted by molar-refractivity contribution is 7.89. The third-order valence-electron chi connectivity index (χ3n) is 3.20. The Bertz CT molecular complexity index is 645. The standard InChI is InChI=1S/C17H30N4O3S/c1-4-19-17(20-9-6-10-24-13-14(2)3)21-12-15-7-5-8-16(11-15)25(18,22)23/h5,7-8,11,14H,4,6,9-10,12-13H2,1-3H3,(H2,18,22,23)(H2,19,20,21). The predicted octanol–water partition coefficient (Wildman–Crippen LogP) is 1.45. The van der Waals surface area contributed by atoms with E-state index in [1.54, 1.807) is 12.1 Å². The summed E-state index contributed by atoms with van der Waals surface area (Å²) in [6.07, 6.45) is 0.887. The molecule has 25 heavy (non-hydrogen) atoms. The molecule has 0 aliphatic carbocycles. The van der Waals surface area contributed by atoms with Crippen molar-refractivity contribution in [2.45, 2.75) is 38.6 Å². The molecule has 0 spiro atoms. The predicted molar refractivity (Wildman–Crippen MR) is 101 cm³/mol. The van der Waals surface area contributed by atoms with Crippen LogP contribution in [0.15, 0.2) is 34.2 Å². The number of hydrogen-bond acceptors (Lipinski definition) is 4. The Balaban J connectivity index is 2.52. The van der Waals surface area contributed by atoms with Crippen molar-refractivity contribution in [3.05, 3.63) is 29.8 Å². The topological polar surface area (TPSA) is 106 Å². The van der Waals surface area contributed by atoms with E-state index in [1.165, 1.54) is 6.07 Å². The number of aliphatic imine (C=N–C) groups is 1. The van der Waals surface area contributed by atoms with E-state index in [4.69, 9.17) is 9.88 Å². The number of rotatable bonds is 10. The molecular weight excluding hydrogens is 340 g/mol. The van der Waals surface area contributed by atoms with Crippen LogP contribution in [0.25, 0.3) is 0 Å². The van der Waals surface area contributed by atoms with E-state index in [-0.39, 0.29) is 4.90 Å². The van der Waals surface area contributed by atoms with Crippen LogP contribution in [0.4, 0.5) is 0 Å². The number of sulfonamides is 1. The molecule has 0 saturated carbocycles. The van der Waals surface area contributed by atoms with Gasteiger partial charge in [-0.05, 0) is 37.0 Å². The largest absolute Gasteiger partial charge is 0.381 e. The highest BCUT2D eigenvalue weighted by Gasteiger charge is 2.07. The lowest BCUT2D eigenvalue weighted by Crippen LogP contribution is -2.38. The molecule has 0 aromatic heterocycles. The average Bonchev–Trinajstić information content (AvgIpc) is 2.55. The smallest absolute Gasteiger partial charge is 0.238 e. The van der Waals surface area contributed by atoms with Gasteiger partial charge in [0.05, 0.1) is 11.4 Å². The first-order valence-corrected chi connectivity index (χ1v) is 10.1. The Morgan fingerprint density at radius 2 is 2.08 bits per heavy atom. The lowest BCUT2D eigenvalue weighted by atomic mass is 10.2. The van der Waals surface area contributed by atoms with E-state index >= 15 is 0 Å². The van der Waals surface area contributed by atoms with Crippen molar-refractivity contribution in [2.24, 2.45) is 16.0 Å².